The lowest BCUT2D eigenvalue weighted by Crippen LogP contribution is -2.43. The number of hydrogen-bond acceptors (Lipinski definition) is 4. The van der Waals surface area contributed by atoms with Crippen LogP contribution in [0.1, 0.15) is 18.4 Å². The molecule has 5 nitrogen and oxygen atoms in total. The summed E-state index contributed by atoms with van der Waals surface area (Å²) in [5.41, 5.74) is 0.674. The molecule has 156 valence electrons. The first kappa shape index (κ1) is 22.2. The Labute approximate surface area is 181 Å². The molecule has 0 unspecified atom stereocenters. The molecule has 1 heterocycles. The lowest BCUT2D eigenvalue weighted by molar-refractivity contribution is -0.125. The second-order valence-electron chi connectivity index (χ2n) is 7.01. The molecule has 8 heteroatoms. The first-order valence-corrected chi connectivity index (χ1v) is 12.6. The molecule has 1 fully saturated rings. The van der Waals surface area contributed by atoms with Crippen molar-refractivity contribution in [1.29, 1.82) is 0 Å². The van der Waals surface area contributed by atoms with E-state index < -0.39 is 10.0 Å². The molecule has 0 bridgehead atoms. The maximum Gasteiger partial charge on any atom is 0.223 e. The summed E-state index contributed by atoms with van der Waals surface area (Å²) in [4.78, 5) is 13.6. The molecule has 1 saturated heterocycles. The van der Waals surface area contributed by atoms with Gasteiger partial charge >= 0.3 is 0 Å². The van der Waals surface area contributed by atoms with Crippen LogP contribution in [-0.2, 0) is 20.6 Å². The summed E-state index contributed by atoms with van der Waals surface area (Å²) in [6.45, 7) is 1.35. The Hall–Kier alpha value is -1.54. The molecule has 0 radical (unpaired) electrons. The molecule has 0 saturated carbocycles. The molecule has 2 aromatic rings. The van der Waals surface area contributed by atoms with Crippen LogP contribution < -0.4 is 5.32 Å². The summed E-state index contributed by atoms with van der Waals surface area (Å²) in [7, 11) is -3.41. The van der Waals surface area contributed by atoms with E-state index in [4.69, 9.17) is 11.6 Å². The highest BCUT2D eigenvalue weighted by molar-refractivity contribution is 7.99. The van der Waals surface area contributed by atoms with E-state index in [1.54, 1.807) is 36.0 Å². The Morgan fingerprint density at radius 1 is 1.10 bits per heavy atom. The summed E-state index contributed by atoms with van der Waals surface area (Å²) < 4.78 is 26.8. The molecule has 1 aliphatic rings. The van der Waals surface area contributed by atoms with Crippen molar-refractivity contribution >= 4 is 39.3 Å². The molecule has 0 aromatic heterocycles. The normalized spacial score (nSPS) is 15.9. The molecular weight excluding hydrogens is 428 g/mol. The van der Waals surface area contributed by atoms with Crippen molar-refractivity contribution in [2.75, 3.05) is 25.4 Å². The molecule has 0 atom stereocenters. The van der Waals surface area contributed by atoms with Gasteiger partial charge in [-0.2, -0.15) is 0 Å². The number of nitrogens with zero attached hydrogens (tertiary/aromatic N) is 1. The summed E-state index contributed by atoms with van der Waals surface area (Å²) in [5.74, 6) is 0.629. The van der Waals surface area contributed by atoms with Crippen molar-refractivity contribution in [2.45, 2.75) is 23.5 Å². The molecule has 29 heavy (non-hydrogen) atoms. The van der Waals surface area contributed by atoms with E-state index in [2.05, 4.69) is 5.32 Å². The Morgan fingerprint density at radius 3 is 2.52 bits per heavy atom. The number of thioether (sulfide) groups is 1. The number of benzene rings is 2. The van der Waals surface area contributed by atoms with Crippen molar-refractivity contribution in [3.05, 3.63) is 65.2 Å². The fourth-order valence-electron chi connectivity index (χ4n) is 3.33. The zero-order chi connectivity index (χ0) is 20.7. The van der Waals surface area contributed by atoms with E-state index in [0.29, 0.717) is 43.1 Å². The van der Waals surface area contributed by atoms with Crippen LogP contribution in [0.25, 0.3) is 0 Å². The number of halogens is 1. The third-order valence-electron chi connectivity index (χ3n) is 4.87. The van der Waals surface area contributed by atoms with Crippen LogP contribution in [0, 0.1) is 5.92 Å². The molecule has 1 amide bonds. The van der Waals surface area contributed by atoms with E-state index in [1.165, 1.54) is 9.20 Å². The van der Waals surface area contributed by atoms with Gasteiger partial charge in [0.2, 0.25) is 15.9 Å². The van der Waals surface area contributed by atoms with Gasteiger partial charge in [0.1, 0.15) is 0 Å². The Bertz CT molecular complexity index is 915. The quantitative estimate of drug-likeness (QED) is 0.488. The van der Waals surface area contributed by atoms with Crippen LogP contribution in [0.2, 0.25) is 5.02 Å². The monoisotopic (exact) mass is 452 g/mol. The standard InChI is InChI=1S/C21H25ClN2O3S2/c22-19-6-4-5-17(15-19)16-29(26,27)24-12-9-18(10-13-24)21(25)23-11-14-28-20-7-2-1-3-8-20/h1-8,15,18H,9-14,16H2,(H,23,25). The SMILES string of the molecule is O=C(NCCSc1ccccc1)C1CCN(S(=O)(=O)Cc2cccc(Cl)c2)CC1. The highest BCUT2D eigenvalue weighted by Crippen LogP contribution is 2.23. The highest BCUT2D eigenvalue weighted by Gasteiger charge is 2.31. The third-order valence-corrected chi connectivity index (χ3v) is 7.97. The lowest BCUT2D eigenvalue weighted by atomic mass is 9.97. The molecule has 1 N–H and O–H groups in total. The average molecular weight is 453 g/mol. The van der Waals surface area contributed by atoms with Gasteiger partial charge in [-0.25, -0.2) is 12.7 Å². The molecule has 1 aliphatic heterocycles. The van der Waals surface area contributed by atoms with Gasteiger partial charge in [0, 0.05) is 41.2 Å². The van der Waals surface area contributed by atoms with Crippen LogP contribution in [0.4, 0.5) is 0 Å². The van der Waals surface area contributed by atoms with Crippen molar-refractivity contribution in [3.63, 3.8) is 0 Å². The number of sulfonamides is 1. The first-order chi connectivity index (χ1) is 13.9. The van der Waals surface area contributed by atoms with Gasteiger partial charge in [-0.3, -0.25) is 4.79 Å². The fraction of sp³-hybridized carbons (Fsp3) is 0.381. The number of piperidine rings is 1. The summed E-state index contributed by atoms with van der Waals surface area (Å²) >= 11 is 7.65. The number of carbonyl (C=O) groups is 1. The van der Waals surface area contributed by atoms with Gasteiger partial charge in [-0.1, -0.05) is 41.9 Å². The summed E-state index contributed by atoms with van der Waals surface area (Å²) in [6, 6.07) is 17.0. The van der Waals surface area contributed by atoms with Gasteiger partial charge in [0.25, 0.3) is 0 Å². The van der Waals surface area contributed by atoms with Gasteiger partial charge in [0.15, 0.2) is 0 Å². The average Bonchev–Trinajstić information content (AvgIpc) is 2.71. The van der Waals surface area contributed by atoms with Crippen LogP contribution in [0.15, 0.2) is 59.5 Å². The molecular formula is C21H25ClN2O3S2. The van der Waals surface area contributed by atoms with Crippen molar-refractivity contribution in [1.82, 2.24) is 9.62 Å². The number of nitrogens with one attached hydrogen (secondary N) is 1. The number of carbonyl (C=O) groups excluding carboxylic acids is 1. The van der Waals surface area contributed by atoms with Crippen molar-refractivity contribution in [2.24, 2.45) is 5.92 Å². The first-order valence-electron chi connectivity index (χ1n) is 9.62. The molecule has 2 aromatic carbocycles. The van der Waals surface area contributed by atoms with Crippen LogP contribution in [-0.4, -0.2) is 44.0 Å². The van der Waals surface area contributed by atoms with Crippen molar-refractivity contribution < 1.29 is 13.2 Å². The van der Waals surface area contributed by atoms with Gasteiger partial charge < -0.3 is 5.32 Å². The van der Waals surface area contributed by atoms with Crippen LogP contribution in [0.3, 0.4) is 0 Å². The second-order valence-corrected chi connectivity index (χ2v) is 10.6. The third kappa shape index (κ3) is 6.74. The number of amides is 1. The van der Waals surface area contributed by atoms with Gasteiger partial charge in [-0.15, -0.1) is 11.8 Å². The Balaban J connectivity index is 1.41. The van der Waals surface area contributed by atoms with E-state index in [-0.39, 0.29) is 17.6 Å². The van der Waals surface area contributed by atoms with Gasteiger partial charge in [0.05, 0.1) is 5.75 Å². The van der Waals surface area contributed by atoms with E-state index in [0.717, 1.165) is 5.75 Å². The minimum absolute atomic E-state index is 0.0190. The lowest BCUT2D eigenvalue weighted by Gasteiger charge is -2.30. The van der Waals surface area contributed by atoms with Gasteiger partial charge in [-0.05, 0) is 42.7 Å². The predicted octanol–water partition coefficient (Wildman–Crippen LogP) is 3.79. The predicted molar refractivity (Wildman–Crippen MR) is 119 cm³/mol. The van der Waals surface area contributed by atoms with Crippen molar-refractivity contribution in [3.8, 4) is 0 Å². The maximum absolute atomic E-state index is 12.7. The molecule has 0 aliphatic carbocycles. The zero-order valence-electron chi connectivity index (χ0n) is 16.1. The molecule has 0 spiro atoms. The smallest absolute Gasteiger partial charge is 0.223 e. The number of rotatable bonds is 8. The van der Waals surface area contributed by atoms with E-state index in [9.17, 15) is 13.2 Å². The van der Waals surface area contributed by atoms with Crippen LogP contribution >= 0.6 is 23.4 Å². The maximum atomic E-state index is 12.7. The fourth-order valence-corrected chi connectivity index (χ4v) is 5.88. The minimum Gasteiger partial charge on any atom is -0.355 e. The van der Waals surface area contributed by atoms with Crippen LogP contribution in [0.5, 0.6) is 0 Å². The topological polar surface area (TPSA) is 66.5 Å². The highest BCUT2D eigenvalue weighted by atomic mass is 35.5. The summed E-state index contributed by atoms with van der Waals surface area (Å²) in [6.07, 6.45) is 1.10. The largest absolute Gasteiger partial charge is 0.355 e. The zero-order valence-corrected chi connectivity index (χ0v) is 18.5. The number of hydrogen-bond donors (Lipinski definition) is 1. The molecule has 3 rings (SSSR count). The van der Waals surface area contributed by atoms with E-state index >= 15 is 0 Å². The second kappa shape index (κ2) is 10.5. The summed E-state index contributed by atoms with van der Waals surface area (Å²) in [5, 5.41) is 3.51. The minimum atomic E-state index is -3.41. The Morgan fingerprint density at radius 2 is 1.83 bits per heavy atom. The van der Waals surface area contributed by atoms with E-state index in [1.807, 2.05) is 30.3 Å². The Kier molecular flexibility index (Phi) is 8.00.